The number of carbonyl (C=O) groups excluding carboxylic acids is 2. The molecule has 1 amide bonds. The Balaban J connectivity index is 1.87. The molecular formula is C33H48N4O3. The third-order valence-electron chi connectivity index (χ3n) is 8.00. The van der Waals surface area contributed by atoms with Crippen LogP contribution in [0.5, 0.6) is 0 Å². The summed E-state index contributed by atoms with van der Waals surface area (Å²) in [6.45, 7) is 7.48. The summed E-state index contributed by atoms with van der Waals surface area (Å²) in [6, 6.07) is 16.5. The first-order valence-electron chi connectivity index (χ1n) is 14.9. The molecule has 1 N–H and O–H groups in total. The molecule has 0 aliphatic heterocycles. The standard InChI is InChI=1S/C33H48N4O3/c1-5-37(24-22-35-31(38)20-25-40-4)30-16-11-12-26(2)29(18-17-27-13-7-6-8-14-27)33(39)32(30)36(3)23-19-28-15-9-10-21-34-28/h6-10,13-15,21,26,29H,5,11-12,16-20,22-25H2,1-4H3,(H,35,38)/b32-30-/t26-,29?/m1/s1. The maximum atomic E-state index is 14.5. The molecule has 0 spiro atoms. The lowest BCUT2D eigenvalue weighted by Gasteiger charge is -2.37. The fraction of sp³-hybridized carbons (Fsp3) is 0.545. The molecule has 0 saturated carbocycles. The van der Waals surface area contributed by atoms with E-state index in [2.05, 4.69) is 65.3 Å². The molecule has 3 rings (SSSR count). The number of hydrogen-bond donors (Lipinski definition) is 1. The first-order chi connectivity index (χ1) is 19.4. The van der Waals surface area contributed by atoms with E-state index in [1.54, 1.807) is 7.11 Å². The highest BCUT2D eigenvalue weighted by Crippen LogP contribution is 2.34. The Bertz CT molecular complexity index is 1070. The highest BCUT2D eigenvalue weighted by molar-refractivity contribution is 5.97. The number of likely N-dealkylation sites (N-methyl/N-ethyl adjacent to an activating group) is 2. The zero-order valence-electron chi connectivity index (χ0n) is 24.9. The van der Waals surface area contributed by atoms with Gasteiger partial charge in [-0.25, -0.2) is 0 Å². The van der Waals surface area contributed by atoms with E-state index in [0.717, 1.165) is 62.2 Å². The molecule has 1 aliphatic carbocycles. The van der Waals surface area contributed by atoms with Gasteiger partial charge in [-0.05, 0) is 62.6 Å². The highest BCUT2D eigenvalue weighted by atomic mass is 16.5. The molecule has 40 heavy (non-hydrogen) atoms. The van der Waals surface area contributed by atoms with Gasteiger partial charge >= 0.3 is 0 Å². The van der Waals surface area contributed by atoms with Crippen LogP contribution in [0, 0.1) is 11.8 Å². The van der Waals surface area contributed by atoms with Gasteiger partial charge in [-0.1, -0.05) is 43.3 Å². The Morgan fingerprint density at radius 2 is 1.88 bits per heavy atom. The molecule has 7 nitrogen and oxygen atoms in total. The van der Waals surface area contributed by atoms with E-state index in [0.29, 0.717) is 38.6 Å². The fourth-order valence-electron chi connectivity index (χ4n) is 5.62. The van der Waals surface area contributed by atoms with E-state index in [1.165, 1.54) is 5.56 Å². The van der Waals surface area contributed by atoms with Gasteiger partial charge in [-0.3, -0.25) is 14.6 Å². The average molecular weight is 549 g/mol. The number of aryl methyl sites for hydroxylation is 1. The largest absolute Gasteiger partial charge is 0.384 e. The van der Waals surface area contributed by atoms with Crippen LogP contribution in [-0.4, -0.2) is 73.4 Å². The second-order valence-electron chi connectivity index (χ2n) is 10.8. The SMILES string of the molecule is CCN(CCNC(=O)CCOC)/C1=C(\N(C)CCc2ccccn2)C(=O)C(CCc2ccccc2)[C@H](C)CCC1. The lowest BCUT2D eigenvalue weighted by Crippen LogP contribution is -2.40. The van der Waals surface area contributed by atoms with Crippen LogP contribution in [0.3, 0.4) is 0 Å². The van der Waals surface area contributed by atoms with Crippen LogP contribution < -0.4 is 5.32 Å². The van der Waals surface area contributed by atoms with Crippen LogP contribution in [0.4, 0.5) is 0 Å². The van der Waals surface area contributed by atoms with Gasteiger partial charge in [0.05, 0.1) is 12.3 Å². The number of Topliss-reactive ketones (excluding diaryl/α,β-unsaturated/α-hetero) is 1. The molecule has 1 aliphatic rings. The van der Waals surface area contributed by atoms with Crippen LogP contribution in [0.2, 0.25) is 0 Å². The summed E-state index contributed by atoms with van der Waals surface area (Å²) in [4.78, 5) is 35.6. The summed E-state index contributed by atoms with van der Waals surface area (Å²) in [5, 5.41) is 3.02. The number of methoxy groups -OCH3 is 1. The van der Waals surface area contributed by atoms with Crippen molar-refractivity contribution in [3.63, 3.8) is 0 Å². The number of rotatable bonds is 15. The lowest BCUT2D eigenvalue weighted by atomic mass is 9.78. The lowest BCUT2D eigenvalue weighted by molar-refractivity contribution is -0.123. The van der Waals surface area contributed by atoms with E-state index in [1.807, 2.05) is 30.5 Å². The molecule has 218 valence electrons. The third kappa shape index (κ3) is 9.47. The van der Waals surface area contributed by atoms with Crippen molar-refractivity contribution in [3.05, 3.63) is 77.4 Å². The van der Waals surface area contributed by atoms with E-state index >= 15 is 0 Å². The van der Waals surface area contributed by atoms with Gasteiger partial charge in [-0.2, -0.15) is 0 Å². The number of hydrogen-bond acceptors (Lipinski definition) is 6. The van der Waals surface area contributed by atoms with E-state index in [-0.39, 0.29) is 17.6 Å². The van der Waals surface area contributed by atoms with E-state index in [4.69, 9.17) is 4.74 Å². The van der Waals surface area contributed by atoms with Crippen molar-refractivity contribution in [3.8, 4) is 0 Å². The van der Waals surface area contributed by atoms with E-state index in [9.17, 15) is 9.59 Å². The fourth-order valence-corrected chi connectivity index (χ4v) is 5.62. The minimum absolute atomic E-state index is 0.0110. The van der Waals surface area contributed by atoms with Gasteiger partial charge in [-0.15, -0.1) is 0 Å². The van der Waals surface area contributed by atoms with Crippen LogP contribution in [-0.2, 0) is 27.2 Å². The number of carbonyl (C=O) groups is 2. The first-order valence-corrected chi connectivity index (χ1v) is 14.9. The Morgan fingerprint density at radius 3 is 2.58 bits per heavy atom. The van der Waals surface area contributed by atoms with Gasteiger partial charge in [0.2, 0.25) is 5.91 Å². The number of ketones is 1. The monoisotopic (exact) mass is 548 g/mol. The smallest absolute Gasteiger partial charge is 0.222 e. The zero-order valence-corrected chi connectivity index (χ0v) is 24.9. The Labute approximate surface area is 241 Å². The van der Waals surface area contributed by atoms with Crippen LogP contribution >= 0.6 is 0 Å². The summed E-state index contributed by atoms with van der Waals surface area (Å²) in [5.74, 6) is 0.537. The Morgan fingerprint density at radius 1 is 1.10 bits per heavy atom. The normalized spacial score (nSPS) is 19.6. The van der Waals surface area contributed by atoms with Gasteiger partial charge in [0, 0.05) is 76.7 Å². The topological polar surface area (TPSA) is 74.8 Å². The van der Waals surface area contributed by atoms with Crippen LogP contribution in [0.1, 0.15) is 57.2 Å². The van der Waals surface area contributed by atoms with Crippen molar-refractivity contribution in [1.82, 2.24) is 20.1 Å². The molecular weight excluding hydrogens is 500 g/mol. The van der Waals surface area contributed by atoms with Gasteiger partial charge in [0.15, 0.2) is 5.78 Å². The third-order valence-corrected chi connectivity index (χ3v) is 8.00. The van der Waals surface area contributed by atoms with Crippen molar-refractivity contribution < 1.29 is 14.3 Å². The maximum Gasteiger partial charge on any atom is 0.222 e. The Hall–Kier alpha value is -3.19. The van der Waals surface area contributed by atoms with Crippen LogP contribution in [0.25, 0.3) is 0 Å². The minimum Gasteiger partial charge on any atom is -0.384 e. The quantitative estimate of drug-likeness (QED) is 0.342. The first kappa shape index (κ1) is 31.3. The Kier molecular flexibility index (Phi) is 13.2. The molecule has 1 unspecified atom stereocenters. The van der Waals surface area contributed by atoms with Crippen molar-refractivity contribution in [1.29, 1.82) is 0 Å². The average Bonchev–Trinajstić information content (AvgIpc) is 2.97. The number of benzene rings is 1. The number of ether oxygens (including phenoxy) is 1. The molecule has 0 radical (unpaired) electrons. The number of nitrogens with zero attached hydrogens (tertiary/aromatic N) is 3. The van der Waals surface area contributed by atoms with Crippen molar-refractivity contribution in [2.24, 2.45) is 11.8 Å². The predicted molar refractivity (Wildman–Crippen MR) is 161 cm³/mol. The summed E-state index contributed by atoms with van der Waals surface area (Å²) < 4.78 is 5.03. The molecule has 0 fully saturated rings. The number of nitrogens with one attached hydrogen (secondary N) is 1. The minimum atomic E-state index is -0.0322. The molecule has 0 bridgehead atoms. The summed E-state index contributed by atoms with van der Waals surface area (Å²) in [7, 11) is 3.65. The van der Waals surface area contributed by atoms with E-state index < -0.39 is 0 Å². The molecule has 0 saturated heterocycles. The molecule has 1 heterocycles. The van der Waals surface area contributed by atoms with Gasteiger partial charge in [0.25, 0.3) is 0 Å². The summed E-state index contributed by atoms with van der Waals surface area (Å²) in [5.41, 5.74) is 4.25. The number of allylic oxidation sites excluding steroid dienone is 2. The molecule has 2 atom stereocenters. The van der Waals surface area contributed by atoms with Gasteiger partial charge < -0.3 is 19.9 Å². The predicted octanol–water partition coefficient (Wildman–Crippen LogP) is 4.88. The maximum absolute atomic E-state index is 14.5. The highest BCUT2D eigenvalue weighted by Gasteiger charge is 2.34. The molecule has 2 aromatic rings. The van der Waals surface area contributed by atoms with Gasteiger partial charge in [0.1, 0.15) is 0 Å². The zero-order chi connectivity index (χ0) is 28.7. The second-order valence-corrected chi connectivity index (χ2v) is 10.8. The number of pyridine rings is 1. The van der Waals surface area contributed by atoms with Crippen molar-refractivity contribution >= 4 is 11.7 Å². The molecule has 1 aromatic carbocycles. The number of amides is 1. The van der Waals surface area contributed by atoms with Crippen LogP contribution in [0.15, 0.2) is 66.1 Å². The summed E-state index contributed by atoms with van der Waals surface area (Å²) >= 11 is 0. The molecule has 7 heteroatoms. The van der Waals surface area contributed by atoms with Crippen molar-refractivity contribution in [2.75, 3.05) is 46.9 Å². The van der Waals surface area contributed by atoms with Crippen molar-refractivity contribution in [2.45, 2.75) is 58.8 Å². The second kappa shape index (κ2) is 16.8. The number of aromatic nitrogens is 1. The summed E-state index contributed by atoms with van der Waals surface area (Å²) in [6.07, 6.45) is 7.62. The molecule has 1 aromatic heterocycles.